The van der Waals surface area contributed by atoms with E-state index < -0.39 is 0 Å². The molecule has 0 atom stereocenters. The van der Waals surface area contributed by atoms with Crippen molar-refractivity contribution < 1.29 is 14.0 Å². The van der Waals surface area contributed by atoms with E-state index in [9.17, 15) is 9.59 Å². The van der Waals surface area contributed by atoms with Crippen molar-refractivity contribution in [3.8, 4) is 0 Å². The van der Waals surface area contributed by atoms with E-state index in [1.54, 1.807) is 11.0 Å². The lowest BCUT2D eigenvalue weighted by atomic mass is 10.1. The second kappa shape index (κ2) is 8.67. The fraction of sp³-hybridized carbons (Fsp3) is 0.400. The van der Waals surface area contributed by atoms with Crippen molar-refractivity contribution in [1.82, 2.24) is 9.80 Å². The zero-order chi connectivity index (χ0) is 18.4. The second-order valence-electron chi connectivity index (χ2n) is 6.52. The quantitative estimate of drug-likeness (QED) is 0.890. The van der Waals surface area contributed by atoms with Gasteiger partial charge in [-0.3, -0.25) is 9.59 Å². The van der Waals surface area contributed by atoms with Crippen LogP contribution in [-0.2, 0) is 17.8 Å². The van der Waals surface area contributed by atoms with Gasteiger partial charge in [0.25, 0.3) is 5.91 Å². The molecule has 3 rings (SSSR count). The highest BCUT2D eigenvalue weighted by Gasteiger charge is 2.23. The van der Waals surface area contributed by atoms with E-state index in [1.807, 2.05) is 35.2 Å². The number of rotatable bonds is 5. The largest absolute Gasteiger partial charge is 0.467 e. The Hall–Kier alpha value is -2.60. The zero-order valence-corrected chi connectivity index (χ0v) is 14.9. The first-order valence-corrected chi connectivity index (χ1v) is 9.06. The summed E-state index contributed by atoms with van der Waals surface area (Å²) in [5, 5.41) is 0. The maximum Gasteiger partial charge on any atom is 0.257 e. The maximum atomic E-state index is 12.6. The van der Waals surface area contributed by atoms with Crippen LogP contribution in [0.1, 0.15) is 34.5 Å². The van der Waals surface area contributed by atoms with Crippen LogP contribution in [0.4, 0.5) is 0 Å². The first kappa shape index (κ1) is 18.2. The highest BCUT2D eigenvalue weighted by molar-refractivity contribution is 5.94. The summed E-state index contributed by atoms with van der Waals surface area (Å²) >= 11 is 0. The van der Waals surface area contributed by atoms with Crippen molar-refractivity contribution in [2.24, 2.45) is 5.73 Å². The van der Waals surface area contributed by atoms with Crippen molar-refractivity contribution in [2.75, 3.05) is 26.2 Å². The molecule has 1 aromatic carbocycles. The molecule has 1 fully saturated rings. The van der Waals surface area contributed by atoms with E-state index >= 15 is 0 Å². The maximum absolute atomic E-state index is 12.6. The van der Waals surface area contributed by atoms with Gasteiger partial charge in [-0.25, -0.2) is 0 Å². The Kier molecular flexibility index (Phi) is 6.07. The fourth-order valence-corrected chi connectivity index (χ4v) is 3.21. The molecule has 1 aromatic heterocycles. The minimum Gasteiger partial charge on any atom is -0.467 e. The minimum atomic E-state index is -0.0629. The molecule has 2 N–H and O–H groups in total. The lowest BCUT2D eigenvalue weighted by Gasteiger charge is -2.22. The summed E-state index contributed by atoms with van der Waals surface area (Å²) in [5.74, 6) is 0.685. The smallest absolute Gasteiger partial charge is 0.257 e. The van der Waals surface area contributed by atoms with Crippen LogP contribution in [0.25, 0.3) is 0 Å². The average Bonchev–Trinajstić information content (AvgIpc) is 3.03. The number of aryl methyl sites for hydroxylation is 1. The summed E-state index contributed by atoms with van der Waals surface area (Å²) in [6.45, 7) is 2.72. The number of amides is 2. The van der Waals surface area contributed by atoms with E-state index in [4.69, 9.17) is 10.2 Å². The van der Waals surface area contributed by atoms with Crippen LogP contribution in [0.3, 0.4) is 0 Å². The third-order valence-corrected chi connectivity index (χ3v) is 4.71. The van der Waals surface area contributed by atoms with E-state index in [-0.39, 0.29) is 18.4 Å². The molecule has 6 heteroatoms. The molecule has 1 saturated heterocycles. The number of hydrogen-bond acceptors (Lipinski definition) is 4. The van der Waals surface area contributed by atoms with Gasteiger partial charge in [0.1, 0.15) is 12.0 Å². The van der Waals surface area contributed by atoms with Gasteiger partial charge in [-0.1, -0.05) is 30.3 Å². The van der Waals surface area contributed by atoms with Gasteiger partial charge in [-0.2, -0.15) is 0 Å². The van der Waals surface area contributed by atoms with Crippen LogP contribution in [0.15, 0.2) is 47.1 Å². The third kappa shape index (κ3) is 4.52. The molecular weight excluding hydrogens is 330 g/mol. The Morgan fingerprint density at radius 2 is 1.77 bits per heavy atom. The number of hydrogen-bond donors (Lipinski definition) is 1. The van der Waals surface area contributed by atoms with Crippen molar-refractivity contribution in [2.45, 2.75) is 25.8 Å². The van der Waals surface area contributed by atoms with Crippen molar-refractivity contribution >= 4 is 11.8 Å². The molecule has 2 amide bonds. The lowest BCUT2D eigenvalue weighted by Crippen LogP contribution is -2.37. The number of carbonyl (C=O) groups excluding carboxylic acids is 2. The molecule has 2 heterocycles. The standard InChI is InChI=1S/C20H25N3O3/c21-14-18-13-17(15-26-18)20(25)23-10-4-9-22(11-12-23)19(24)8-7-16-5-2-1-3-6-16/h1-3,5-6,13,15H,4,7-12,14,21H2. The molecule has 0 spiro atoms. The Bertz CT molecular complexity index is 742. The highest BCUT2D eigenvalue weighted by atomic mass is 16.3. The number of furan rings is 1. The summed E-state index contributed by atoms with van der Waals surface area (Å²) in [6.07, 6.45) is 3.48. The van der Waals surface area contributed by atoms with Gasteiger partial charge in [-0.15, -0.1) is 0 Å². The molecule has 0 aliphatic carbocycles. The van der Waals surface area contributed by atoms with E-state index in [0.717, 1.165) is 12.8 Å². The Morgan fingerprint density at radius 1 is 1.04 bits per heavy atom. The molecule has 0 radical (unpaired) electrons. The molecule has 1 aliphatic rings. The van der Waals surface area contributed by atoms with Gasteiger partial charge < -0.3 is 20.0 Å². The molecule has 6 nitrogen and oxygen atoms in total. The predicted molar refractivity (Wildman–Crippen MR) is 98.5 cm³/mol. The lowest BCUT2D eigenvalue weighted by molar-refractivity contribution is -0.131. The topological polar surface area (TPSA) is 79.8 Å². The van der Waals surface area contributed by atoms with Gasteiger partial charge in [-0.05, 0) is 24.5 Å². The van der Waals surface area contributed by atoms with Gasteiger partial charge in [0.2, 0.25) is 5.91 Å². The predicted octanol–water partition coefficient (Wildman–Crippen LogP) is 2.05. The summed E-state index contributed by atoms with van der Waals surface area (Å²) in [6, 6.07) is 11.7. The highest BCUT2D eigenvalue weighted by Crippen LogP contribution is 2.14. The Morgan fingerprint density at radius 3 is 2.50 bits per heavy atom. The SMILES string of the molecule is NCc1cc(C(=O)N2CCCN(C(=O)CCc3ccccc3)CC2)co1. The molecule has 138 valence electrons. The summed E-state index contributed by atoms with van der Waals surface area (Å²) in [5.41, 5.74) is 7.22. The first-order chi connectivity index (χ1) is 12.7. The van der Waals surface area contributed by atoms with Crippen LogP contribution in [-0.4, -0.2) is 47.8 Å². The van der Waals surface area contributed by atoms with E-state index in [2.05, 4.69) is 0 Å². The fourth-order valence-electron chi connectivity index (χ4n) is 3.21. The average molecular weight is 355 g/mol. The van der Waals surface area contributed by atoms with Crippen LogP contribution < -0.4 is 5.73 Å². The Labute approximate surface area is 153 Å². The third-order valence-electron chi connectivity index (χ3n) is 4.71. The van der Waals surface area contributed by atoms with Crippen molar-refractivity contribution in [3.05, 3.63) is 59.5 Å². The molecule has 0 saturated carbocycles. The number of benzene rings is 1. The molecular formula is C20H25N3O3. The minimum absolute atomic E-state index is 0.0629. The zero-order valence-electron chi connectivity index (χ0n) is 14.9. The summed E-state index contributed by atoms with van der Waals surface area (Å²) in [4.78, 5) is 28.8. The Balaban J connectivity index is 1.52. The van der Waals surface area contributed by atoms with Crippen LogP contribution in [0.2, 0.25) is 0 Å². The van der Waals surface area contributed by atoms with E-state index in [1.165, 1.54) is 11.8 Å². The molecule has 0 bridgehead atoms. The summed E-state index contributed by atoms with van der Waals surface area (Å²) < 4.78 is 5.25. The van der Waals surface area contributed by atoms with Gasteiger partial charge in [0, 0.05) is 32.6 Å². The summed E-state index contributed by atoms with van der Waals surface area (Å²) in [7, 11) is 0. The number of carbonyl (C=O) groups is 2. The van der Waals surface area contributed by atoms with Gasteiger partial charge in [0.05, 0.1) is 12.1 Å². The van der Waals surface area contributed by atoms with Crippen molar-refractivity contribution in [3.63, 3.8) is 0 Å². The normalized spacial score (nSPS) is 15.0. The van der Waals surface area contributed by atoms with Gasteiger partial charge >= 0.3 is 0 Å². The van der Waals surface area contributed by atoms with Gasteiger partial charge in [0.15, 0.2) is 0 Å². The van der Waals surface area contributed by atoms with E-state index in [0.29, 0.717) is 43.9 Å². The molecule has 1 aliphatic heterocycles. The first-order valence-electron chi connectivity index (χ1n) is 9.06. The number of nitrogens with two attached hydrogens (primary N) is 1. The molecule has 2 aromatic rings. The molecule has 26 heavy (non-hydrogen) atoms. The van der Waals surface area contributed by atoms with Crippen molar-refractivity contribution in [1.29, 1.82) is 0 Å². The number of nitrogens with zero attached hydrogens (tertiary/aromatic N) is 2. The second-order valence-corrected chi connectivity index (χ2v) is 6.52. The monoisotopic (exact) mass is 355 g/mol. The van der Waals surface area contributed by atoms with Crippen LogP contribution in [0.5, 0.6) is 0 Å². The van der Waals surface area contributed by atoms with Crippen LogP contribution in [0, 0.1) is 0 Å². The molecule has 0 unspecified atom stereocenters. The van der Waals surface area contributed by atoms with Crippen LogP contribution >= 0.6 is 0 Å².